The van der Waals surface area contributed by atoms with Crippen molar-refractivity contribution in [1.82, 2.24) is 14.1 Å². The summed E-state index contributed by atoms with van der Waals surface area (Å²) in [6.45, 7) is -0.849. The standard InChI is InChI=1S/C15H13F2N3O3/c1-2-19-12-7-11(23-14(16)17)8-18-13(12)20(15(19)22)9-3-5-10(21)6-4-9/h3-8,14,21H,2H2,1H3. The van der Waals surface area contributed by atoms with Crippen molar-refractivity contribution < 1.29 is 18.6 Å². The van der Waals surface area contributed by atoms with Gasteiger partial charge in [-0.1, -0.05) is 0 Å². The Kier molecular flexibility index (Phi) is 3.73. The molecule has 0 saturated heterocycles. The van der Waals surface area contributed by atoms with Gasteiger partial charge in [-0.2, -0.15) is 8.78 Å². The number of nitrogens with zero attached hydrogens (tertiary/aromatic N) is 3. The number of hydrogen-bond donors (Lipinski definition) is 1. The lowest BCUT2D eigenvalue weighted by Gasteiger charge is -2.05. The Morgan fingerprint density at radius 2 is 2.00 bits per heavy atom. The highest BCUT2D eigenvalue weighted by Gasteiger charge is 2.16. The van der Waals surface area contributed by atoms with Crippen LogP contribution in [0.4, 0.5) is 8.78 Å². The van der Waals surface area contributed by atoms with Crippen LogP contribution in [0.3, 0.4) is 0 Å². The van der Waals surface area contributed by atoms with E-state index >= 15 is 0 Å². The molecule has 0 spiro atoms. The van der Waals surface area contributed by atoms with Crippen LogP contribution in [0.15, 0.2) is 41.3 Å². The predicted molar refractivity (Wildman–Crippen MR) is 79.3 cm³/mol. The minimum atomic E-state index is -2.96. The summed E-state index contributed by atoms with van der Waals surface area (Å²) in [6, 6.07) is 7.40. The molecule has 0 saturated carbocycles. The van der Waals surface area contributed by atoms with Crippen LogP contribution in [-0.2, 0) is 6.54 Å². The number of fused-ring (bicyclic) bond motifs is 1. The second-order valence-corrected chi connectivity index (χ2v) is 4.77. The van der Waals surface area contributed by atoms with Gasteiger partial charge in [0.15, 0.2) is 5.65 Å². The molecule has 3 aromatic rings. The molecule has 0 aliphatic carbocycles. The highest BCUT2D eigenvalue weighted by molar-refractivity contribution is 5.75. The highest BCUT2D eigenvalue weighted by Crippen LogP contribution is 2.22. The van der Waals surface area contributed by atoms with E-state index < -0.39 is 6.61 Å². The lowest BCUT2D eigenvalue weighted by atomic mass is 10.3. The van der Waals surface area contributed by atoms with Crippen LogP contribution < -0.4 is 10.4 Å². The van der Waals surface area contributed by atoms with Crippen LogP contribution in [0.2, 0.25) is 0 Å². The fourth-order valence-corrected chi connectivity index (χ4v) is 2.42. The number of imidazole rings is 1. The summed E-state index contributed by atoms with van der Waals surface area (Å²) in [5.41, 5.74) is 0.878. The molecule has 0 fully saturated rings. The second kappa shape index (κ2) is 5.71. The van der Waals surface area contributed by atoms with E-state index in [4.69, 9.17) is 0 Å². The summed E-state index contributed by atoms with van der Waals surface area (Å²) >= 11 is 0. The first-order chi connectivity index (χ1) is 11.0. The Hall–Kier alpha value is -2.90. The molecule has 0 radical (unpaired) electrons. The number of phenolic OH excluding ortho intramolecular Hbond substituents is 1. The molecule has 120 valence electrons. The minimum Gasteiger partial charge on any atom is -0.508 e. The van der Waals surface area contributed by atoms with Gasteiger partial charge < -0.3 is 9.84 Å². The van der Waals surface area contributed by atoms with E-state index in [1.165, 1.54) is 27.3 Å². The van der Waals surface area contributed by atoms with Crippen molar-refractivity contribution in [1.29, 1.82) is 0 Å². The third kappa shape index (κ3) is 2.63. The lowest BCUT2D eigenvalue weighted by Crippen LogP contribution is -2.22. The Morgan fingerprint density at radius 3 is 2.61 bits per heavy atom. The van der Waals surface area contributed by atoms with Crippen molar-refractivity contribution in [3.63, 3.8) is 0 Å². The maximum Gasteiger partial charge on any atom is 0.387 e. The molecule has 6 nitrogen and oxygen atoms in total. The molecule has 0 amide bonds. The Labute approximate surface area is 129 Å². The number of aryl methyl sites for hydroxylation is 1. The number of benzene rings is 1. The first-order valence-electron chi connectivity index (χ1n) is 6.86. The maximum absolute atomic E-state index is 12.6. The summed E-state index contributed by atoms with van der Waals surface area (Å²) in [6.07, 6.45) is 1.14. The zero-order chi connectivity index (χ0) is 16.6. The van der Waals surface area contributed by atoms with Crippen molar-refractivity contribution in [2.75, 3.05) is 0 Å². The smallest absolute Gasteiger partial charge is 0.387 e. The van der Waals surface area contributed by atoms with Gasteiger partial charge in [-0.3, -0.25) is 4.57 Å². The number of ether oxygens (including phenoxy) is 1. The Morgan fingerprint density at radius 1 is 1.30 bits per heavy atom. The number of aromatic nitrogens is 3. The molecular formula is C15H13F2N3O3. The summed E-state index contributed by atoms with van der Waals surface area (Å²) in [7, 11) is 0. The Bertz CT molecular complexity index is 901. The number of alkyl halides is 2. The third-order valence-corrected chi connectivity index (χ3v) is 3.40. The van der Waals surface area contributed by atoms with E-state index in [0.717, 1.165) is 6.20 Å². The van der Waals surface area contributed by atoms with Gasteiger partial charge in [0.2, 0.25) is 0 Å². The maximum atomic E-state index is 12.6. The van der Waals surface area contributed by atoms with Crippen LogP contribution in [0.1, 0.15) is 6.92 Å². The monoisotopic (exact) mass is 321 g/mol. The van der Waals surface area contributed by atoms with Crippen LogP contribution in [0.25, 0.3) is 16.9 Å². The van der Waals surface area contributed by atoms with Gasteiger partial charge in [-0.15, -0.1) is 0 Å². The molecule has 1 aromatic carbocycles. The number of phenols is 1. The van der Waals surface area contributed by atoms with Gasteiger partial charge in [0, 0.05) is 12.6 Å². The van der Waals surface area contributed by atoms with Gasteiger partial charge in [-0.25, -0.2) is 14.3 Å². The van der Waals surface area contributed by atoms with Crippen molar-refractivity contribution >= 4 is 11.2 Å². The van der Waals surface area contributed by atoms with Gasteiger partial charge in [0.25, 0.3) is 0 Å². The van der Waals surface area contributed by atoms with E-state index in [2.05, 4.69) is 9.72 Å². The van der Waals surface area contributed by atoms with Crippen molar-refractivity contribution in [2.24, 2.45) is 0 Å². The predicted octanol–water partition coefficient (Wildman–Crippen LogP) is 2.51. The number of pyridine rings is 1. The van der Waals surface area contributed by atoms with E-state index in [0.29, 0.717) is 23.4 Å². The van der Waals surface area contributed by atoms with E-state index in [1.807, 2.05) is 0 Å². The first kappa shape index (κ1) is 15.0. The minimum absolute atomic E-state index is 0.0709. The zero-order valence-electron chi connectivity index (χ0n) is 12.1. The zero-order valence-corrected chi connectivity index (χ0v) is 12.1. The van der Waals surface area contributed by atoms with Gasteiger partial charge in [0.05, 0.1) is 17.4 Å². The molecule has 0 aliphatic rings. The average molecular weight is 321 g/mol. The lowest BCUT2D eigenvalue weighted by molar-refractivity contribution is -0.0499. The van der Waals surface area contributed by atoms with Crippen LogP contribution in [0, 0.1) is 0 Å². The molecular weight excluding hydrogens is 308 g/mol. The highest BCUT2D eigenvalue weighted by atomic mass is 19.3. The number of hydrogen-bond acceptors (Lipinski definition) is 4. The molecule has 0 bridgehead atoms. The van der Waals surface area contributed by atoms with Crippen LogP contribution in [-0.4, -0.2) is 25.8 Å². The largest absolute Gasteiger partial charge is 0.508 e. The molecule has 0 aliphatic heterocycles. The number of aromatic hydroxyl groups is 1. The van der Waals surface area contributed by atoms with E-state index in [9.17, 15) is 18.7 Å². The summed E-state index contributed by atoms with van der Waals surface area (Å²) in [5, 5.41) is 9.36. The third-order valence-electron chi connectivity index (χ3n) is 3.40. The second-order valence-electron chi connectivity index (χ2n) is 4.77. The normalized spacial score (nSPS) is 11.3. The molecule has 8 heteroatoms. The fraction of sp³-hybridized carbons (Fsp3) is 0.200. The quantitative estimate of drug-likeness (QED) is 0.801. The fourth-order valence-electron chi connectivity index (χ4n) is 2.42. The molecule has 2 heterocycles. The summed E-state index contributed by atoms with van der Waals surface area (Å²) in [4.78, 5) is 16.7. The molecule has 3 rings (SSSR count). The van der Waals surface area contributed by atoms with Crippen LogP contribution in [0.5, 0.6) is 11.5 Å². The average Bonchev–Trinajstić information content (AvgIpc) is 2.78. The van der Waals surface area contributed by atoms with Gasteiger partial charge >= 0.3 is 12.3 Å². The number of rotatable bonds is 4. The molecule has 0 atom stereocenters. The molecule has 23 heavy (non-hydrogen) atoms. The molecule has 2 aromatic heterocycles. The first-order valence-corrected chi connectivity index (χ1v) is 6.86. The van der Waals surface area contributed by atoms with Gasteiger partial charge in [0.1, 0.15) is 11.5 Å². The van der Waals surface area contributed by atoms with E-state index in [-0.39, 0.29) is 17.2 Å². The van der Waals surface area contributed by atoms with E-state index in [1.54, 1.807) is 19.1 Å². The topological polar surface area (TPSA) is 69.3 Å². The van der Waals surface area contributed by atoms with Crippen molar-refractivity contribution in [3.05, 3.63) is 47.0 Å². The Balaban J connectivity index is 2.24. The summed E-state index contributed by atoms with van der Waals surface area (Å²) in [5.74, 6) is -0.0424. The van der Waals surface area contributed by atoms with Crippen LogP contribution >= 0.6 is 0 Å². The number of halogens is 2. The molecule has 0 unspecified atom stereocenters. The van der Waals surface area contributed by atoms with Gasteiger partial charge in [-0.05, 0) is 31.2 Å². The van der Waals surface area contributed by atoms with Crippen molar-refractivity contribution in [3.8, 4) is 17.2 Å². The van der Waals surface area contributed by atoms with Crippen molar-refractivity contribution in [2.45, 2.75) is 20.1 Å². The molecule has 1 N–H and O–H groups in total. The SMILES string of the molecule is CCn1c(=O)n(-c2ccc(O)cc2)c2ncc(OC(F)F)cc21. The summed E-state index contributed by atoms with van der Waals surface area (Å²) < 4.78 is 31.8.